The van der Waals surface area contributed by atoms with Gasteiger partial charge in [-0.3, -0.25) is 4.79 Å². The van der Waals surface area contributed by atoms with E-state index in [0.717, 1.165) is 11.3 Å². The highest BCUT2D eigenvalue weighted by Crippen LogP contribution is 2.19. The van der Waals surface area contributed by atoms with Gasteiger partial charge in [0.05, 0.1) is 14.2 Å². The Morgan fingerprint density at radius 3 is 2.33 bits per heavy atom. The summed E-state index contributed by atoms with van der Waals surface area (Å²) in [5, 5.41) is 0. The van der Waals surface area contributed by atoms with E-state index in [1.165, 1.54) is 19.2 Å². The topological polar surface area (TPSA) is 35.5 Å². The van der Waals surface area contributed by atoms with Crippen LogP contribution in [0.1, 0.15) is 11.1 Å². The highest BCUT2D eigenvalue weighted by atomic mass is 19.1. The van der Waals surface area contributed by atoms with Crippen molar-refractivity contribution in [3.8, 4) is 11.5 Å². The van der Waals surface area contributed by atoms with Crippen molar-refractivity contribution in [3.05, 3.63) is 59.4 Å². The Kier molecular flexibility index (Phi) is 4.93. The Labute approximate surface area is 123 Å². The third-order valence-electron chi connectivity index (χ3n) is 3.15. The molecule has 0 amide bonds. The van der Waals surface area contributed by atoms with Crippen LogP contribution >= 0.6 is 0 Å². The molecule has 0 saturated carbocycles. The summed E-state index contributed by atoms with van der Waals surface area (Å²) in [6, 6.07) is 11.9. The first-order valence-corrected chi connectivity index (χ1v) is 6.59. The first-order valence-electron chi connectivity index (χ1n) is 6.59. The quantitative estimate of drug-likeness (QED) is 0.819. The second kappa shape index (κ2) is 6.88. The summed E-state index contributed by atoms with van der Waals surface area (Å²) in [6.07, 6.45) is 0.489. The normalized spacial score (nSPS) is 10.2. The zero-order valence-electron chi connectivity index (χ0n) is 12.1. The van der Waals surface area contributed by atoms with Crippen molar-refractivity contribution in [3.63, 3.8) is 0 Å². The number of rotatable bonds is 6. The fourth-order valence-electron chi connectivity index (χ4n) is 2.12. The molecule has 0 bridgehead atoms. The third-order valence-corrected chi connectivity index (χ3v) is 3.15. The van der Waals surface area contributed by atoms with Gasteiger partial charge in [0, 0.05) is 12.8 Å². The van der Waals surface area contributed by atoms with Gasteiger partial charge in [0.1, 0.15) is 11.5 Å². The molecule has 110 valence electrons. The highest BCUT2D eigenvalue weighted by molar-refractivity contribution is 5.83. The second-order valence-corrected chi connectivity index (χ2v) is 4.71. The third kappa shape index (κ3) is 4.05. The molecule has 0 radical (unpaired) electrons. The number of halogens is 1. The molecule has 21 heavy (non-hydrogen) atoms. The number of benzene rings is 2. The summed E-state index contributed by atoms with van der Waals surface area (Å²) >= 11 is 0. The molecule has 0 N–H and O–H groups in total. The van der Waals surface area contributed by atoms with E-state index in [9.17, 15) is 9.18 Å². The van der Waals surface area contributed by atoms with Crippen LogP contribution in [0.25, 0.3) is 0 Å². The van der Waals surface area contributed by atoms with Gasteiger partial charge < -0.3 is 9.47 Å². The number of hydrogen-bond acceptors (Lipinski definition) is 3. The Balaban J connectivity index is 2.02. The number of methoxy groups -OCH3 is 2. The van der Waals surface area contributed by atoms with Gasteiger partial charge in [-0.1, -0.05) is 18.2 Å². The minimum absolute atomic E-state index is 0.0211. The van der Waals surface area contributed by atoms with Gasteiger partial charge in [-0.25, -0.2) is 4.39 Å². The van der Waals surface area contributed by atoms with Crippen LogP contribution in [0.3, 0.4) is 0 Å². The Hall–Kier alpha value is -2.36. The smallest absolute Gasteiger partial charge is 0.165 e. The zero-order chi connectivity index (χ0) is 15.2. The maximum atomic E-state index is 13.6. The van der Waals surface area contributed by atoms with Crippen molar-refractivity contribution < 1.29 is 18.7 Å². The Bertz CT molecular complexity index is 638. The van der Waals surface area contributed by atoms with Crippen molar-refractivity contribution in [2.45, 2.75) is 12.8 Å². The minimum atomic E-state index is -0.454. The van der Waals surface area contributed by atoms with Gasteiger partial charge >= 0.3 is 0 Å². The second-order valence-electron chi connectivity index (χ2n) is 4.71. The maximum Gasteiger partial charge on any atom is 0.165 e. The molecule has 2 aromatic carbocycles. The Morgan fingerprint density at radius 1 is 1.00 bits per heavy atom. The first-order chi connectivity index (χ1) is 10.1. The summed E-state index contributed by atoms with van der Waals surface area (Å²) < 4.78 is 23.5. The van der Waals surface area contributed by atoms with Crippen LogP contribution in [0.5, 0.6) is 11.5 Å². The zero-order valence-corrected chi connectivity index (χ0v) is 12.1. The molecular weight excluding hydrogens is 271 g/mol. The maximum absolute atomic E-state index is 13.6. The molecule has 0 atom stereocenters. The van der Waals surface area contributed by atoms with Crippen LogP contribution in [0.15, 0.2) is 42.5 Å². The highest BCUT2D eigenvalue weighted by Gasteiger charge is 2.09. The van der Waals surface area contributed by atoms with Crippen molar-refractivity contribution in [1.82, 2.24) is 0 Å². The molecule has 0 saturated heterocycles. The summed E-state index contributed by atoms with van der Waals surface area (Å²) in [5.74, 6) is 0.465. The fraction of sp³-hybridized carbons (Fsp3) is 0.235. The fourth-order valence-corrected chi connectivity index (χ4v) is 2.12. The minimum Gasteiger partial charge on any atom is -0.497 e. The van der Waals surface area contributed by atoms with Crippen molar-refractivity contribution in [2.75, 3.05) is 14.2 Å². The number of carbonyl (C=O) groups is 1. The molecule has 0 spiro atoms. The molecule has 0 aliphatic heterocycles. The lowest BCUT2D eigenvalue weighted by Crippen LogP contribution is -2.07. The van der Waals surface area contributed by atoms with Crippen molar-refractivity contribution >= 4 is 5.78 Å². The monoisotopic (exact) mass is 288 g/mol. The predicted molar refractivity (Wildman–Crippen MR) is 78.4 cm³/mol. The molecular formula is C17H17FO3. The van der Waals surface area contributed by atoms with E-state index in [2.05, 4.69) is 0 Å². The summed E-state index contributed by atoms with van der Waals surface area (Å²) in [5.41, 5.74) is 1.52. The number of hydrogen-bond donors (Lipinski definition) is 0. The molecule has 0 aromatic heterocycles. The van der Waals surface area contributed by atoms with Gasteiger partial charge in [0.15, 0.2) is 11.6 Å². The standard InChI is InChI=1S/C17H17FO3/c1-20-15-5-3-4-12(10-15)8-14(19)9-13-6-7-17(21-2)16(18)11-13/h3-7,10-11H,8-9H2,1-2H3. The molecule has 4 heteroatoms. The van der Waals surface area contributed by atoms with E-state index in [4.69, 9.17) is 9.47 Å². The number of Topliss-reactive ketones (excluding diaryl/α,β-unsaturated/α-hetero) is 1. The lowest BCUT2D eigenvalue weighted by Gasteiger charge is -2.06. The molecule has 2 rings (SSSR count). The van der Waals surface area contributed by atoms with Gasteiger partial charge in [0.2, 0.25) is 0 Å². The molecule has 0 unspecified atom stereocenters. The Morgan fingerprint density at radius 2 is 1.71 bits per heavy atom. The average molecular weight is 288 g/mol. The molecule has 0 aliphatic rings. The average Bonchev–Trinajstić information content (AvgIpc) is 2.47. The van der Waals surface area contributed by atoms with Crippen LogP contribution < -0.4 is 9.47 Å². The van der Waals surface area contributed by atoms with Crippen molar-refractivity contribution in [1.29, 1.82) is 0 Å². The van der Waals surface area contributed by atoms with Gasteiger partial charge in [0.25, 0.3) is 0 Å². The van der Waals surface area contributed by atoms with Crippen LogP contribution in [-0.2, 0) is 17.6 Å². The number of carbonyl (C=O) groups excluding carboxylic acids is 1. The predicted octanol–water partition coefficient (Wildman–Crippen LogP) is 3.20. The van der Waals surface area contributed by atoms with E-state index >= 15 is 0 Å². The van der Waals surface area contributed by atoms with Crippen LogP contribution in [0.4, 0.5) is 4.39 Å². The van der Waals surface area contributed by atoms with E-state index in [1.54, 1.807) is 13.2 Å². The summed E-state index contributed by atoms with van der Waals surface area (Å²) in [6.45, 7) is 0. The molecule has 0 aliphatic carbocycles. The number of ether oxygens (including phenoxy) is 2. The van der Waals surface area contributed by atoms with Crippen LogP contribution in [0, 0.1) is 5.82 Å². The molecule has 0 fully saturated rings. The lowest BCUT2D eigenvalue weighted by atomic mass is 10.0. The van der Waals surface area contributed by atoms with E-state index in [1.807, 2.05) is 24.3 Å². The molecule has 2 aromatic rings. The first kappa shape index (κ1) is 15.0. The van der Waals surface area contributed by atoms with E-state index < -0.39 is 5.82 Å². The van der Waals surface area contributed by atoms with E-state index in [-0.39, 0.29) is 18.0 Å². The summed E-state index contributed by atoms with van der Waals surface area (Å²) in [7, 11) is 2.99. The van der Waals surface area contributed by atoms with Gasteiger partial charge in [-0.2, -0.15) is 0 Å². The van der Waals surface area contributed by atoms with Gasteiger partial charge in [-0.05, 0) is 35.4 Å². The number of ketones is 1. The van der Waals surface area contributed by atoms with Crippen LogP contribution in [0.2, 0.25) is 0 Å². The largest absolute Gasteiger partial charge is 0.497 e. The molecule has 3 nitrogen and oxygen atoms in total. The SMILES string of the molecule is COc1cccc(CC(=O)Cc2ccc(OC)c(F)c2)c1. The summed E-state index contributed by atoms with van der Waals surface area (Å²) in [4.78, 5) is 12.1. The van der Waals surface area contributed by atoms with E-state index in [0.29, 0.717) is 12.0 Å². The van der Waals surface area contributed by atoms with Gasteiger partial charge in [-0.15, -0.1) is 0 Å². The van der Waals surface area contributed by atoms with Crippen molar-refractivity contribution in [2.24, 2.45) is 0 Å². The lowest BCUT2D eigenvalue weighted by molar-refractivity contribution is -0.117. The molecule has 0 heterocycles. The van der Waals surface area contributed by atoms with Crippen LogP contribution in [-0.4, -0.2) is 20.0 Å².